The summed E-state index contributed by atoms with van der Waals surface area (Å²) < 4.78 is 22.7. The van der Waals surface area contributed by atoms with E-state index in [2.05, 4.69) is 139 Å². The standard InChI is InChI=1S/2C24H27NO4.C16H20BrNO.C13H16BrN.C8H8BO5.C3H6O2/c2*1-3-22(26)25-12-10-24(11-13-25)15-20(24)17-6-4-16(5-7-17)19-14-18(23(27)28)8-9-21(19)29-2;1-2-15(19)18-9-7-16(8-10-18)11-14(16)12-3-5-13(17)6-4-12;14-11-3-1-10(2-4-11)12-9-13(12)5-7-15-8-6-13;1-13-6-3-2-5(8(10)11)4-7(6)14-9-12;1-2-3(4)5/h2*4-9,14,20H,3,10-13,15H2,1-2H3,(H,27,28);3-6,14H,2,7-11H2,1H3;1-4,12,15H,5-9H2;2-4,12H,1H3,(H,10,11);2H2,1H3,(H,4,5)/t2*20-;;;;/m10..../s1. The predicted octanol–water partition coefficient (Wildman–Crippen LogP) is 17.2. The number of hydrogen-bond donors (Lipinski definition) is 6. The molecule has 0 aromatic heterocycles. The van der Waals surface area contributed by atoms with E-state index in [0.29, 0.717) is 83.6 Å². The van der Waals surface area contributed by atoms with Crippen molar-refractivity contribution < 1.29 is 77.9 Å². The van der Waals surface area contributed by atoms with Gasteiger partial charge in [-0.2, -0.15) is 0 Å². The fraction of sp³-hybridized carbons (Fsp3) is 0.443. The largest absolute Gasteiger partial charge is 0.569 e. The highest BCUT2D eigenvalue weighted by molar-refractivity contribution is 9.10. The molecule has 4 spiro atoms. The number of methoxy groups -OCH3 is 3. The number of hydrogen-bond acceptors (Lipinski definition) is 13. The van der Waals surface area contributed by atoms with E-state index >= 15 is 0 Å². The summed E-state index contributed by atoms with van der Waals surface area (Å²) in [5.74, 6) is 1.63. The minimum absolute atomic E-state index is 0.0580. The molecule has 4 aliphatic carbocycles. The van der Waals surface area contributed by atoms with E-state index in [4.69, 9.17) is 29.4 Å². The van der Waals surface area contributed by atoms with Gasteiger partial charge in [0.2, 0.25) is 17.7 Å². The molecular weight excluding hydrogens is 1540 g/mol. The number of nitrogens with zero attached hydrogens (tertiary/aromatic N) is 3. The van der Waals surface area contributed by atoms with Crippen molar-refractivity contribution in [1.82, 2.24) is 20.0 Å². The summed E-state index contributed by atoms with van der Waals surface area (Å²) in [4.78, 5) is 84.2. The Morgan fingerprint density at radius 1 is 0.396 bits per heavy atom. The van der Waals surface area contributed by atoms with Crippen LogP contribution in [0.1, 0.15) is 207 Å². The van der Waals surface area contributed by atoms with Gasteiger partial charge in [-0.15, -0.1) is 0 Å². The monoisotopic (exact) mass is 1640 g/mol. The lowest BCUT2D eigenvalue weighted by Gasteiger charge is -2.33. The van der Waals surface area contributed by atoms with Crippen LogP contribution in [-0.2, 0) is 19.2 Å². The zero-order chi connectivity index (χ0) is 79.8. The van der Waals surface area contributed by atoms with E-state index in [1.54, 1.807) is 63.1 Å². The van der Waals surface area contributed by atoms with Crippen LogP contribution in [0.4, 0.5) is 0 Å². The molecule has 3 amide bonds. The molecule has 4 saturated heterocycles. The van der Waals surface area contributed by atoms with Crippen molar-refractivity contribution in [3.63, 3.8) is 0 Å². The lowest BCUT2D eigenvalue weighted by molar-refractivity contribution is -0.137. The molecule has 15 rings (SSSR count). The van der Waals surface area contributed by atoms with Crippen LogP contribution in [0.2, 0.25) is 0 Å². The van der Waals surface area contributed by atoms with Gasteiger partial charge in [0.05, 0.1) is 38.0 Å². The van der Waals surface area contributed by atoms with Crippen molar-refractivity contribution in [3.8, 4) is 45.3 Å². The Balaban J connectivity index is 0.000000149. The minimum atomic E-state index is -1.07. The summed E-state index contributed by atoms with van der Waals surface area (Å²) in [7, 11) is 5.07. The Morgan fingerprint density at radius 3 is 0.946 bits per heavy atom. The molecule has 4 heterocycles. The van der Waals surface area contributed by atoms with Gasteiger partial charge in [-0.05, 0) is 248 Å². The maximum Gasteiger partial charge on any atom is 0.569 e. The number of carbonyl (C=O) groups is 7. The van der Waals surface area contributed by atoms with E-state index < -0.39 is 23.9 Å². The van der Waals surface area contributed by atoms with Crippen molar-refractivity contribution in [2.45, 2.75) is 154 Å². The molecule has 4 saturated carbocycles. The zero-order valence-electron chi connectivity index (χ0n) is 64.6. The second-order valence-electron chi connectivity index (χ2n) is 30.4. The number of aliphatic carboxylic acids is 1. The first-order valence-corrected chi connectivity index (χ1v) is 40.3. The van der Waals surface area contributed by atoms with Gasteiger partial charge in [0.15, 0.2) is 5.75 Å². The number of likely N-dealkylation sites (tertiary alicyclic amines) is 3. The average molecular weight is 1640 g/mol. The Hall–Kier alpha value is -9.03. The Bertz CT molecular complexity index is 4220. The molecule has 111 heavy (non-hydrogen) atoms. The minimum Gasteiger partial charge on any atom is -0.535 e. The van der Waals surface area contributed by atoms with Gasteiger partial charge in [-0.3, -0.25) is 19.2 Å². The maximum atomic E-state index is 11.9. The molecule has 7 aromatic carbocycles. The van der Waals surface area contributed by atoms with Crippen LogP contribution in [0, 0.1) is 21.7 Å². The number of halogens is 2. The number of carboxylic acid groups (broad SMARTS) is 4. The molecule has 23 heteroatoms. The third-order valence-electron chi connectivity index (χ3n) is 24.2. The SMILES string of the molecule is Brc1ccc(C2CC23CCNCC3)cc1.CCC(=O)N1CCC2(CC1)CC2c1ccc(Br)cc1.CCC(=O)N1CCC2(CC1)C[C@@H]2c1ccc(-c2cc(C(=O)O)ccc2OC)cc1.CCC(=O)N1CCC2(CC1)C[C@H]2c1ccc(-c2cc(C(=O)O)ccc2OC)cc1.CCC(=O)O.COc1ccc(C(=O)O)cc1O[B]O. The van der Waals surface area contributed by atoms with Crippen molar-refractivity contribution in [2.75, 3.05) is 73.7 Å². The van der Waals surface area contributed by atoms with E-state index in [9.17, 15) is 43.8 Å². The van der Waals surface area contributed by atoms with Crippen molar-refractivity contribution in [1.29, 1.82) is 0 Å². The zero-order valence-corrected chi connectivity index (χ0v) is 67.8. The molecule has 0 bridgehead atoms. The van der Waals surface area contributed by atoms with Gasteiger partial charge in [0.25, 0.3) is 0 Å². The van der Waals surface area contributed by atoms with Gasteiger partial charge in [-0.25, -0.2) is 14.4 Å². The summed E-state index contributed by atoms with van der Waals surface area (Å²) in [6.45, 7) is 15.3. The van der Waals surface area contributed by atoms with E-state index in [1.807, 2.05) is 35.5 Å². The second kappa shape index (κ2) is 38.0. The van der Waals surface area contributed by atoms with Crippen molar-refractivity contribution in [2.24, 2.45) is 21.7 Å². The van der Waals surface area contributed by atoms with Crippen LogP contribution in [0.15, 0.2) is 161 Å². The van der Waals surface area contributed by atoms with Gasteiger partial charge in [-0.1, -0.05) is 132 Å². The molecule has 1 radical (unpaired) electrons. The lowest BCUT2D eigenvalue weighted by Crippen LogP contribution is -2.39. The van der Waals surface area contributed by atoms with Crippen LogP contribution in [0.3, 0.4) is 0 Å². The molecule has 4 atom stereocenters. The first-order chi connectivity index (χ1) is 53.3. The smallest absolute Gasteiger partial charge is 0.535 e. The molecule has 20 nitrogen and oxygen atoms in total. The summed E-state index contributed by atoms with van der Waals surface area (Å²) in [6.07, 6.45) is 16.6. The van der Waals surface area contributed by atoms with Crippen LogP contribution < -0.4 is 24.2 Å². The molecule has 8 fully saturated rings. The Morgan fingerprint density at radius 2 is 0.676 bits per heavy atom. The summed E-state index contributed by atoms with van der Waals surface area (Å²) in [6, 6.07) is 48.4. The van der Waals surface area contributed by atoms with Gasteiger partial charge in [0, 0.05) is 85.0 Å². The van der Waals surface area contributed by atoms with E-state index in [1.165, 1.54) is 111 Å². The third-order valence-corrected chi connectivity index (χ3v) is 25.2. The molecule has 4 aliphatic heterocycles. The first-order valence-electron chi connectivity index (χ1n) is 38.7. The highest BCUT2D eigenvalue weighted by Crippen LogP contribution is 2.68. The van der Waals surface area contributed by atoms with Crippen LogP contribution >= 0.6 is 31.9 Å². The molecular formula is C88H104BBr2N4O16. The number of amides is 3. The van der Waals surface area contributed by atoms with Gasteiger partial charge < -0.3 is 64.3 Å². The van der Waals surface area contributed by atoms with E-state index in [-0.39, 0.29) is 40.7 Å². The predicted molar refractivity (Wildman–Crippen MR) is 435 cm³/mol. The average Bonchev–Trinajstić information content (AvgIpc) is 1.59. The fourth-order valence-corrected chi connectivity index (χ4v) is 17.5. The normalized spacial score (nSPS) is 19.8. The lowest BCUT2D eigenvalue weighted by atomic mass is 9.88. The number of carboxylic acids is 4. The number of ether oxygens (including phenoxy) is 3. The Kier molecular flexibility index (Phi) is 28.9. The second-order valence-corrected chi connectivity index (χ2v) is 32.2. The summed E-state index contributed by atoms with van der Waals surface area (Å²) in [5.41, 5.74) is 11.6. The van der Waals surface area contributed by atoms with Gasteiger partial charge in [0.1, 0.15) is 17.2 Å². The number of nitrogens with one attached hydrogen (secondary N) is 1. The van der Waals surface area contributed by atoms with E-state index in [0.717, 1.165) is 104 Å². The van der Waals surface area contributed by atoms with Crippen LogP contribution in [0.25, 0.3) is 22.3 Å². The number of carbonyl (C=O) groups excluding carboxylic acids is 3. The van der Waals surface area contributed by atoms with Crippen molar-refractivity contribution in [3.05, 3.63) is 200 Å². The highest BCUT2D eigenvalue weighted by Gasteiger charge is 2.58. The maximum absolute atomic E-state index is 11.9. The van der Waals surface area contributed by atoms with Gasteiger partial charge >= 0.3 is 31.6 Å². The highest BCUT2D eigenvalue weighted by atomic mass is 79.9. The molecule has 6 N–H and O–H groups in total. The third kappa shape index (κ3) is 21.0. The Labute approximate surface area is 669 Å². The number of piperidine rings is 4. The van der Waals surface area contributed by atoms with Crippen molar-refractivity contribution >= 4 is 81.1 Å². The molecule has 589 valence electrons. The number of benzene rings is 7. The molecule has 7 aromatic rings. The molecule has 8 aliphatic rings. The van der Waals surface area contributed by atoms with Crippen LogP contribution in [0.5, 0.6) is 23.0 Å². The number of aromatic carboxylic acids is 3. The fourth-order valence-electron chi connectivity index (χ4n) is 17.0. The van der Waals surface area contributed by atoms with Crippen LogP contribution in [-0.4, -0.2) is 163 Å². The quantitative estimate of drug-likeness (QED) is 0.0436. The topological polar surface area (TPSA) is 279 Å². The first kappa shape index (κ1) is 84.4. The summed E-state index contributed by atoms with van der Waals surface area (Å²) >= 11 is 6.98. The molecule has 2 unspecified atom stereocenters. The summed E-state index contributed by atoms with van der Waals surface area (Å²) in [5, 5.41) is 46.8. The number of rotatable bonds is 18.